The Bertz CT molecular complexity index is 1110. The fraction of sp³-hybridized carbons (Fsp3) is 0.500. The van der Waals surface area contributed by atoms with Crippen LogP contribution in [0.5, 0.6) is 5.75 Å². The zero-order chi connectivity index (χ0) is 23.8. The number of likely N-dealkylation sites (tertiary alicyclic amines) is 1. The molecule has 0 bridgehead atoms. The number of phenols is 1. The van der Waals surface area contributed by atoms with Gasteiger partial charge in [0.2, 0.25) is 11.8 Å². The van der Waals surface area contributed by atoms with Crippen molar-refractivity contribution < 1.29 is 19.5 Å². The van der Waals surface area contributed by atoms with Crippen LogP contribution in [0.2, 0.25) is 0 Å². The van der Waals surface area contributed by atoms with Gasteiger partial charge in [-0.2, -0.15) is 0 Å². The number of amides is 3. The molecule has 34 heavy (non-hydrogen) atoms. The molecule has 0 radical (unpaired) electrons. The molecule has 0 spiro atoms. The minimum Gasteiger partial charge on any atom is -0.506 e. The summed E-state index contributed by atoms with van der Waals surface area (Å²) < 4.78 is 0. The van der Waals surface area contributed by atoms with Gasteiger partial charge in [-0.1, -0.05) is 30.3 Å². The van der Waals surface area contributed by atoms with Crippen molar-refractivity contribution in [3.63, 3.8) is 0 Å². The van der Waals surface area contributed by atoms with Crippen LogP contribution in [0.25, 0.3) is 10.8 Å². The highest BCUT2D eigenvalue weighted by Gasteiger charge is 2.39. The Labute approximate surface area is 199 Å². The van der Waals surface area contributed by atoms with Crippen LogP contribution in [-0.2, 0) is 9.59 Å². The monoisotopic (exact) mass is 464 g/mol. The Morgan fingerprint density at radius 2 is 1.71 bits per heavy atom. The summed E-state index contributed by atoms with van der Waals surface area (Å²) in [5, 5.41) is 15.3. The third kappa shape index (κ3) is 4.34. The number of phenolic OH excluding ortho intramolecular Hbond substituents is 1. The van der Waals surface area contributed by atoms with Gasteiger partial charge in [0.1, 0.15) is 11.8 Å². The molecule has 2 aromatic carbocycles. The lowest BCUT2D eigenvalue weighted by molar-refractivity contribution is -0.138. The molecule has 3 aliphatic rings. The van der Waals surface area contributed by atoms with Crippen molar-refractivity contribution in [3.05, 3.63) is 42.0 Å². The highest BCUT2D eigenvalue weighted by atomic mass is 16.3. The molecule has 3 fully saturated rings. The number of nitrogens with one attached hydrogen (secondary N) is 1. The number of carbonyl (C=O) groups is 3. The summed E-state index contributed by atoms with van der Waals surface area (Å²) in [6.45, 7) is 4.77. The van der Waals surface area contributed by atoms with Gasteiger partial charge in [-0.05, 0) is 44.1 Å². The molecule has 0 aromatic heterocycles. The standard InChI is InChI=1S/C26H32N4O4/c1-17(24(32)27-19-9-10-19)28-13-15-29(16-14-28)26(34)22-7-4-12-30(22)25(33)21-11-8-18-5-2-3-6-20(18)23(21)31/h2-3,5-6,8,11,17,19,22,31H,4,7,9-10,12-16H2,1H3,(H,27,32). The molecular weight excluding hydrogens is 432 g/mol. The maximum absolute atomic E-state index is 13.4. The third-order valence-corrected chi connectivity index (χ3v) is 7.41. The minimum absolute atomic E-state index is 0.0340. The molecular formula is C26H32N4O4. The Kier molecular flexibility index (Phi) is 6.16. The van der Waals surface area contributed by atoms with Gasteiger partial charge in [0.05, 0.1) is 11.6 Å². The van der Waals surface area contributed by atoms with E-state index in [9.17, 15) is 19.5 Å². The van der Waals surface area contributed by atoms with Gasteiger partial charge < -0.3 is 20.2 Å². The maximum Gasteiger partial charge on any atom is 0.258 e. The van der Waals surface area contributed by atoms with Crippen molar-refractivity contribution in [2.75, 3.05) is 32.7 Å². The Hall–Kier alpha value is -3.13. The summed E-state index contributed by atoms with van der Waals surface area (Å²) in [6.07, 6.45) is 3.51. The highest BCUT2D eigenvalue weighted by Crippen LogP contribution is 2.31. The topological polar surface area (TPSA) is 93.2 Å². The molecule has 2 heterocycles. The summed E-state index contributed by atoms with van der Waals surface area (Å²) in [5.74, 6) is -0.317. The number of fused-ring (bicyclic) bond motifs is 1. The number of hydrogen-bond donors (Lipinski definition) is 2. The van der Waals surface area contributed by atoms with Gasteiger partial charge in [-0.15, -0.1) is 0 Å². The second kappa shape index (κ2) is 9.25. The van der Waals surface area contributed by atoms with Gasteiger partial charge >= 0.3 is 0 Å². The van der Waals surface area contributed by atoms with E-state index in [0.717, 1.165) is 24.6 Å². The first-order valence-electron chi connectivity index (χ1n) is 12.3. The molecule has 180 valence electrons. The Morgan fingerprint density at radius 3 is 2.44 bits per heavy atom. The first kappa shape index (κ1) is 22.7. The normalized spacial score (nSPS) is 22.1. The van der Waals surface area contributed by atoms with Crippen LogP contribution in [0.4, 0.5) is 0 Å². The maximum atomic E-state index is 13.4. The molecule has 1 saturated carbocycles. The van der Waals surface area contributed by atoms with Crippen LogP contribution in [0, 0.1) is 0 Å². The average molecular weight is 465 g/mol. The number of benzene rings is 2. The Morgan fingerprint density at radius 1 is 0.971 bits per heavy atom. The molecule has 2 aliphatic heterocycles. The average Bonchev–Trinajstić information content (AvgIpc) is 3.54. The number of rotatable bonds is 5. The van der Waals surface area contributed by atoms with E-state index in [0.29, 0.717) is 50.6 Å². The predicted molar refractivity (Wildman–Crippen MR) is 128 cm³/mol. The van der Waals surface area contributed by atoms with E-state index in [2.05, 4.69) is 10.2 Å². The van der Waals surface area contributed by atoms with Crippen LogP contribution in [0.1, 0.15) is 43.0 Å². The molecule has 2 aromatic rings. The summed E-state index contributed by atoms with van der Waals surface area (Å²) in [5.41, 5.74) is 0.235. The number of carbonyl (C=O) groups excluding carboxylic acids is 3. The zero-order valence-corrected chi connectivity index (χ0v) is 19.6. The van der Waals surface area contributed by atoms with E-state index < -0.39 is 6.04 Å². The summed E-state index contributed by atoms with van der Waals surface area (Å²) >= 11 is 0. The Balaban J connectivity index is 1.23. The van der Waals surface area contributed by atoms with Gasteiger partial charge in [0.15, 0.2) is 0 Å². The minimum atomic E-state index is -0.513. The fourth-order valence-corrected chi connectivity index (χ4v) is 5.10. The summed E-state index contributed by atoms with van der Waals surface area (Å²) in [6, 6.07) is 10.5. The SMILES string of the molecule is CC(C(=O)NC1CC1)N1CCN(C(=O)C2CCCN2C(=O)c2ccc3ccccc3c2O)CC1. The van der Waals surface area contributed by atoms with Crippen molar-refractivity contribution in [3.8, 4) is 5.75 Å². The van der Waals surface area contributed by atoms with Crippen molar-refractivity contribution in [1.82, 2.24) is 20.0 Å². The van der Waals surface area contributed by atoms with E-state index in [1.54, 1.807) is 17.0 Å². The fourth-order valence-electron chi connectivity index (χ4n) is 5.10. The lowest BCUT2D eigenvalue weighted by Gasteiger charge is -2.39. The molecule has 2 saturated heterocycles. The van der Waals surface area contributed by atoms with Crippen LogP contribution in [-0.4, -0.2) is 88.4 Å². The lowest BCUT2D eigenvalue weighted by Crippen LogP contribution is -2.57. The number of aromatic hydroxyl groups is 1. The van der Waals surface area contributed by atoms with Crippen LogP contribution in [0.3, 0.4) is 0 Å². The second-order valence-electron chi connectivity index (χ2n) is 9.66. The third-order valence-electron chi connectivity index (χ3n) is 7.41. The van der Waals surface area contributed by atoms with E-state index in [4.69, 9.17) is 0 Å². The summed E-state index contributed by atoms with van der Waals surface area (Å²) in [7, 11) is 0. The van der Waals surface area contributed by atoms with Crippen molar-refractivity contribution in [2.45, 2.75) is 50.7 Å². The molecule has 1 aliphatic carbocycles. The van der Waals surface area contributed by atoms with Crippen molar-refractivity contribution in [1.29, 1.82) is 0 Å². The van der Waals surface area contributed by atoms with Crippen molar-refractivity contribution in [2.24, 2.45) is 0 Å². The van der Waals surface area contributed by atoms with Crippen molar-refractivity contribution >= 4 is 28.5 Å². The quantitative estimate of drug-likeness (QED) is 0.706. The van der Waals surface area contributed by atoms with E-state index in [1.807, 2.05) is 36.1 Å². The second-order valence-corrected chi connectivity index (χ2v) is 9.66. The van der Waals surface area contributed by atoms with E-state index in [1.165, 1.54) is 0 Å². The smallest absolute Gasteiger partial charge is 0.258 e. The van der Waals surface area contributed by atoms with Gasteiger partial charge in [0.25, 0.3) is 5.91 Å². The first-order valence-corrected chi connectivity index (χ1v) is 12.3. The van der Waals surface area contributed by atoms with E-state index in [-0.39, 0.29) is 35.1 Å². The largest absolute Gasteiger partial charge is 0.506 e. The zero-order valence-electron chi connectivity index (χ0n) is 19.6. The molecule has 8 heteroatoms. The number of nitrogens with zero attached hydrogens (tertiary/aromatic N) is 3. The van der Waals surface area contributed by atoms with Crippen LogP contribution >= 0.6 is 0 Å². The van der Waals surface area contributed by atoms with Gasteiger partial charge in [-0.25, -0.2) is 0 Å². The highest BCUT2D eigenvalue weighted by molar-refractivity contribution is 6.05. The molecule has 3 amide bonds. The molecule has 2 N–H and O–H groups in total. The summed E-state index contributed by atoms with van der Waals surface area (Å²) in [4.78, 5) is 44.7. The molecule has 2 unspecified atom stereocenters. The van der Waals surface area contributed by atoms with Crippen LogP contribution in [0.15, 0.2) is 36.4 Å². The van der Waals surface area contributed by atoms with Gasteiger partial charge in [-0.3, -0.25) is 19.3 Å². The van der Waals surface area contributed by atoms with Gasteiger partial charge in [0, 0.05) is 44.2 Å². The lowest BCUT2D eigenvalue weighted by atomic mass is 10.0. The van der Waals surface area contributed by atoms with E-state index >= 15 is 0 Å². The molecule has 8 nitrogen and oxygen atoms in total. The molecule has 2 atom stereocenters. The number of hydrogen-bond acceptors (Lipinski definition) is 5. The number of piperazine rings is 1. The molecule has 5 rings (SSSR count). The first-order chi connectivity index (χ1) is 16.4. The predicted octanol–water partition coefficient (Wildman–Crippen LogP) is 1.96. The van der Waals surface area contributed by atoms with Crippen LogP contribution < -0.4 is 5.32 Å².